The number of nitrogens with zero attached hydrogens (tertiary/aromatic N) is 3. The topological polar surface area (TPSA) is 81.0 Å². The van der Waals surface area contributed by atoms with Gasteiger partial charge >= 0.3 is 5.69 Å². The summed E-state index contributed by atoms with van der Waals surface area (Å²) in [6, 6.07) is 13.5. The first kappa shape index (κ1) is 16.4. The summed E-state index contributed by atoms with van der Waals surface area (Å²) in [6.07, 6.45) is 2.14. The first-order valence-corrected chi connectivity index (χ1v) is 8.92. The highest BCUT2D eigenvalue weighted by molar-refractivity contribution is 7.99. The van der Waals surface area contributed by atoms with Crippen molar-refractivity contribution < 1.29 is 4.92 Å². The Kier molecular flexibility index (Phi) is 5.39. The predicted molar refractivity (Wildman–Crippen MR) is 95.8 cm³/mol. The minimum Gasteiger partial charge on any atom is -0.364 e. The number of rotatable bonds is 7. The van der Waals surface area contributed by atoms with Crippen molar-refractivity contribution in [1.29, 1.82) is 0 Å². The Morgan fingerprint density at radius 1 is 1.17 bits per heavy atom. The summed E-state index contributed by atoms with van der Waals surface area (Å²) in [6.45, 7) is 0.577. The van der Waals surface area contributed by atoms with Crippen LogP contribution in [0.25, 0.3) is 0 Å². The van der Waals surface area contributed by atoms with Gasteiger partial charge in [-0.3, -0.25) is 10.1 Å². The van der Waals surface area contributed by atoms with Crippen molar-refractivity contribution >= 4 is 34.6 Å². The number of hydrogen-bond donors (Lipinski definition) is 1. The van der Waals surface area contributed by atoms with E-state index < -0.39 is 4.92 Å². The minimum atomic E-state index is -0.432. The number of nitro groups is 1. The average Bonchev–Trinajstić information content (AvgIpc) is 3.09. The molecule has 6 nitrogen and oxygen atoms in total. The molecule has 0 fully saturated rings. The zero-order valence-corrected chi connectivity index (χ0v) is 14.2. The summed E-state index contributed by atoms with van der Waals surface area (Å²) in [7, 11) is 0. The number of benzene rings is 1. The molecule has 0 bridgehead atoms. The summed E-state index contributed by atoms with van der Waals surface area (Å²) in [5.41, 5.74) is -0.0856. The fourth-order valence-corrected chi connectivity index (χ4v) is 3.68. The second-order valence-electron chi connectivity index (χ2n) is 4.80. The van der Waals surface area contributed by atoms with Crippen LogP contribution in [0.15, 0.2) is 64.1 Å². The normalized spacial score (nSPS) is 10.5. The van der Waals surface area contributed by atoms with Crippen LogP contribution in [0.4, 0.5) is 11.5 Å². The molecule has 0 aliphatic carbocycles. The fraction of sp³-hybridized carbons (Fsp3) is 0.125. The van der Waals surface area contributed by atoms with Crippen LogP contribution in [-0.4, -0.2) is 21.4 Å². The Bertz CT molecular complexity index is 810. The molecule has 3 rings (SSSR count). The van der Waals surface area contributed by atoms with Crippen LogP contribution in [0.1, 0.15) is 4.88 Å². The molecule has 0 unspecified atom stereocenters. The molecule has 0 atom stereocenters. The van der Waals surface area contributed by atoms with Crippen LogP contribution in [0, 0.1) is 10.1 Å². The Balaban J connectivity index is 1.78. The van der Waals surface area contributed by atoms with Crippen LogP contribution < -0.4 is 5.32 Å². The van der Waals surface area contributed by atoms with E-state index in [-0.39, 0.29) is 11.5 Å². The second-order valence-corrected chi connectivity index (χ2v) is 6.90. The van der Waals surface area contributed by atoms with Crippen molar-refractivity contribution in [2.45, 2.75) is 16.3 Å². The van der Waals surface area contributed by atoms with Gasteiger partial charge in [0.05, 0.1) is 4.92 Å². The van der Waals surface area contributed by atoms with Crippen LogP contribution in [0.5, 0.6) is 0 Å². The van der Waals surface area contributed by atoms with Crippen LogP contribution >= 0.6 is 23.1 Å². The lowest BCUT2D eigenvalue weighted by atomic mass is 10.3. The first-order valence-electron chi connectivity index (χ1n) is 7.22. The Morgan fingerprint density at radius 2 is 2.00 bits per heavy atom. The second kappa shape index (κ2) is 7.89. The highest BCUT2D eigenvalue weighted by Crippen LogP contribution is 2.36. The van der Waals surface area contributed by atoms with E-state index in [4.69, 9.17) is 0 Å². The molecule has 0 amide bonds. The summed E-state index contributed by atoms with van der Waals surface area (Å²) in [5.74, 6) is 0.255. The lowest BCUT2D eigenvalue weighted by Crippen LogP contribution is -2.09. The molecule has 122 valence electrons. The summed E-state index contributed by atoms with van der Waals surface area (Å²) < 4.78 is 0. The van der Waals surface area contributed by atoms with E-state index in [9.17, 15) is 10.1 Å². The van der Waals surface area contributed by atoms with E-state index in [1.807, 2.05) is 47.8 Å². The Labute approximate surface area is 147 Å². The van der Waals surface area contributed by atoms with Gasteiger partial charge < -0.3 is 5.32 Å². The van der Waals surface area contributed by atoms with Crippen molar-refractivity contribution in [2.24, 2.45) is 0 Å². The third-order valence-electron chi connectivity index (χ3n) is 3.17. The van der Waals surface area contributed by atoms with Crippen molar-refractivity contribution in [1.82, 2.24) is 9.97 Å². The maximum absolute atomic E-state index is 11.5. The fourth-order valence-electron chi connectivity index (χ4n) is 2.09. The molecule has 0 saturated heterocycles. The van der Waals surface area contributed by atoms with E-state index in [2.05, 4.69) is 15.3 Å². The van der Waals surface area contributed by atoms with Crippen LogP contribution in [0.2, 0.25) is 0 Å². The average molecular weight is 358 g/mol. The SMILES string of the molecule is O=[N+]([O-])c1c(NCCc2cccs2)ncnc1Sc1ccccc1. The van der Waals surface area contributed by atoms with Crippen LogP contribution in [0.3, 0.4) is 0 Å². The van der Waals surface area contributed by atoms with E-state index in [0.29, 0.717) is 11.6 Å². The van der Waals surface area contributed by atoms with Gasteiger partial charge in [-0.2, -0.15) is 0 Å². The van der Waals surface area contributed by atoms with E-state index in [0.717, 1.165) is 11.3 Å². The minimum absolute atomic E-state index is 0.0856. The molecule has 2 aromatic heterocycles. The van der Waals surface area contributed by atoms with Crippen molar-refractivity contribution in [3.63, 3.8) is 0 Å². The molecular weight excluding hydrogens is 344 g/mol. The molecule has 0 saturated carbocycles. The maximum Gasteiger partial charge on any atom is 0.343 e. The Morgan fingerprint density at radius 3 is 2.71 bits per heavy atom. The molecule has 24 heavy (non-hydrogen) atoms. The molecular formula is C16H14N4O2S2. The lowest BCUT2D eigenvalue weighted by molar-refractivity contribution is -0.387. The summed E-state index contributed by atoms with van der Waals surface area (Å²) in [4.78, 5) is 21.3. The molecule has 0 radical (unpaired) electrons. The van der Waals surface area contributed by atoms with E-state index >= 15 is 0 Å². The maximum atomic E-state index is 11.5. The largest absolute Gasteiger partial charge is 0.364 e. The monoisotopic (exact) mass is 358 g/mol. The number of anilines is 1. The van der Waals surface area contributed by atoms with Crippen molar-refractivity contribution in [2.75, 3.05) is 11.9 Å². The molecule has 1 N–H and O–H groups in total. The predicted octanol–water partition coefficient (Wildman–Crippen LogP) is 4.25. The number of thiophene rings is 1. The number of nitrogens with one attached hydrogen (secondary N) is 1. The van der Waals surface area contributed by atoms with Gasteiger partial charge in [-0.1, -0.05) is 36.0 Å². The third kappa shape index (κ3) is 4.09. The molecule has 0 aliphatic rings. The highest BCUT2D eigenvalue weighted by atomic mass is 32.2. The molecule has 3 aromatic rings. The Hall–Kier alpha value is -2.45. The van der Waals surface area contributed by atoms with E-state index in [1.165, 1.54) is 23.0 Å². The zero-order valence-electron chi connectivity index (χ0n) is 12.6. The standard InChI is InChI=1S/C16H14N4O2S2/c21-20(22)14-15(17-9-8-12-7-4-10-23-12)18-11-19-16(14)24-13-5-2-1-3-6-13/h1-7,10-11H,8-9H2,(H,17,18,19). The van der Waals surface area contributed by atoms with Gasteiger partial charge in [-0.05, 0) is 30.0 Å². The van der Waals surface area contributed by atoms with Gasteiger partial charge in [-0.15, -0.1) is 11.3 Å². The quantitative estimate of drug-likeness (QED) is 0.386. The summed E-state index contributed by atoms with van der Waals surface area (Å²) >= 11 is 2.92. The molecule has 1 aromatic carbocycles. The van der Waals surface area contributed by atoms with Gasteiger partial charge in [0, 0.05) is 16.3 Å². The van der Waals surface area contributed by atoms with E-state index in [1.54, 1.807) is 11.3 Å². The van der Waals surface area contributed by atoms with Gasteiger partial charge in [0.15, 0.2) is 5.03 Å². The zero-order chi connectivity index (χ0) is 16.8. The lowest BCUT2D eigenvalue weighted by Gasteiger charge is -2.08. The number of hydrogen-bond acceptors (Lipinski definition) is 7. The number of aromatic nitrogens is 2. The van der Waals surface area contributed by atoms with Crippen molar-refractivity contribution in [3.8, 4) is 0 Å². The molecule has 2 heterocycles. The molecule has 8 heteroatoms. The smallest absolute Gasteiger partial charge is 0.343 e. The summed E-state index contributed by atoms with van der Waals surface area (Å²) in [5, 5.41) is 16.9. The van der Waals surface area contributed by atoms with Gasteiger partial charge in [0.1, 0.15) is 6.33 Å². The molecule has 0 spiro atoms. The third-order valence-corrected chi connectivity index (χ3v) is 5.11. The van der Waals surface area contributed by atoms with Crippen LogP contribution in [-0.2, 0) is 6.42 Å². The molecule has 0 aliphatic heterocycles. The highest BCUT2D eigenvalue weighted by Gasteiger charge is 2.23. The first-order chi connectivity index (χ1) is 11.7. The van der Waals surface area contributed by atoms with Gasteiger partial charge in [-0.25, -0.2) is 9.97 Å². The van der Waals surface area contributed by atoms with Gasteiger partial charge in [0.2, 0.25) is 5.82 Å². The van der Waals surface area contributed by atoms with Crippen molar-refractivity contribution in [3.05, 3.63) is 69.2 Å². The van der Waals surface area contributed by atoms with Gasteiger partial charge in [0.25, 0.3) is 0 Å².